The number of amides is 3. The average molecular weight is 566 g/mol. The average Bonchev–Trinajstić information content (AvgIpc) is 3.71. The van der Waals surface area contributed by atoms with Gasteiger partial charge in [0.2, 0.25) is 0 Å². The molecule has 0 bridgehead atoms. The van der Waals surface area contributed by atoms with E-state index in [1.54, 1.807) is 36.0 Å². The molecule has 0 unspecified atom stereocenters. The number of fused-ring (bicyclic) bond motifs is 1. The van der Waals surface area contributed by atoms with Gasteiger partial charge in [0.1, 0.15) is 22.4 Å². The summed E-state index contributed by atoms with van der Waals surface area (Å²) in [5.74, 6) is -1.15. The molecule has 0 fully saturated rings. The molecule has 13 nitrogen and oxygen atoms in total. The monoisotopic (exact) mass is 565 g/mol. The first-order valence-electron chi connectivity index (χ1n) is 12.8. The van der Waals surface area contributed by atoms with Crippen molar-refractivity contribution in [1.29, 1.82) is 5.41 Å². The lowest BCUT2D eigenvalue weighted by Crippen LogP contribution is -2.27. The summed E-state index contributed by atoms with van der Waals surface area (Å²) in [6.07, 6.45) is 7.23. The van der Waals surface area contributed by atoms with Crippen LogP contribution in [0.3, 0.4) is 0 Å². The van der Waals surface area contributed by atoms with Crippen LogP contribution in [-0.4, -0.2) is 50.0 Å². The number of benzene rings is 2. The number of aromatic amines is 1. The van der Waals surface area contributed by atoms with Crippen LogP contribution >= 0.6 is 0 Å². The summed E-state index contributed by atoms with van der Waals surface area (Å²) in [7, 11) is 1.69. The molecule has 0 saturated heterocycles. The van der Waals surface area contributed by atoms with E-state index in [0.717, 1.165) is 11.1 Å². The molecular weight excluding hydrogens is 538 g/mol. The highest BCUT2D eigenvalue weighted by Crippen LogP contribution is 2.18. The lowest BCUT2D eigenvalue weighted by atomic mass is 10.1. The normalized spacial score (nSPS) is 11.1. The smallest absolute Gasteiger partial charge is 0.272 e. The lowest BCUT2D eigenvalue weighted by molar-refractivity contribution is 0.0948. The molecule has 0 atom stereocenters. The predicted octanol–water partition coefficient (Wildman–Crippen LogP) is 3.62. The van der Waals surface area contributed by atoms with E-state index in [1.165, 1.54) is 12.3 Å². The zero-order valence-electron chi connectivity index (χ0n) is 22.5. The highest BCUT2D eigenvalue weighted by Gasteiger charge is 2.16. The van der Waals surface area contributed by atoms with Crippen LogP contribution in [0.5, 0.6) is 0 Å². The number of aromatic nitrogens is 4. The van der Waals surface area contributed by atoms with Crippen LogP contribution in [0.4, 0.5) is 11.4 Å². The van der Waals surface area contributed by atoms with Crippen molar-refractivity contribution in [2.75, 3.05) is 17.2 Å². The molecule has 0 aliphatic heterocycles. The van der Waals surface area contributed by atoms with Crippen molar-refractivity contribution >= 4 is 58.1 Å². The first-order chi connectivity index (χ1) is 20.2. The molecule has 3 aromatic heterocycles. The number of rotatable bonds is 10. The maximum atomic E-state index is 12.9. The number of aryl methyl sites for hydroxylation is 1. The topological polar surface area (TPSA) is 197 Å². The molecule has 0 aliphatic rings. The molecule has 3 amide bonds. The molecule has 7 N–H and O–H groups in total. The molecule has 5 rings (SSSR count). The maximum Gasteiger partial charge on any atom is 0.272 e. The minimum absolute atomic E-state index is 0.0217. The van der Waals surface area contributed by atoms with Crippen LogP contribution in [0.15, 0.2) is 71.6 Å². The summed E-state index contributed by atoms with van der Waals surface area (Å²) >= 11 is 0. The van der Waals surface area contributed by atoms with Crippen LogP contribution in [-0.2, 0) is 7.05 Å². The number of carbonyl (C=O) groups excluding carboxylic acids is 3. The van der Waals surface area contributed by atoms with Gasteiger partial charge in [0.15, 0.2) is 0 Å². The Morgan fingerprint density at radius 3 is 2.43 bits per heavy atom. The zero-order valence-corrected chi connectivity index (χ0v) is 22.5. The van der Waals surface area contributed by atoms with Gasteiger partial charge in [-0.1, -0.05) is 30.4 Å². The summed E-state index contributed by atoms with van der Waals surface area (Å²) in [6.45, 7) is 0.231. The second-order valence-corrected chi connectivity index (χ2v) is 9.43. The summed E-state index contributed by atoms with van der Waals surface area (Å²) in [5, 5.41) is 23.0. The van der Waals surface area contributed by atoms with Gasteiger partial charge in [-0.15, -0.1) is 0 Å². The quantitative estimate of drug-likeness (QED) is 0.0844. The highest BCUT2D eigenvalue weighted by molar-refractivity contribution is 6.07. The molecule has 0 aliphatic carbocycles. The predicted molar refractivity (Wildman–Crippen MR) is 158 cm³/mol. The van der Waals surface area contributed by atoms with Crippen LogP contribution in [0.25, 0.3) is 23.2 Å². The number of hydrogen-bond donors (Lipinski definition) is 6. The Kier molecular flexibility index (Phi) is 7.91. The molecule has 212 valence electrons. The summed E-state index contributed by atoms with van der Waals surface area (Å²) in [6, 6.07) is 15.8. The van der Waals surface area contributed by atoms with E-state index in [2.05, 4.69) is 31.2 Å². The van der Waals surface area contributed by atoms with Crippen molar-refractivity contribution in [3.8, 4) is 0 Å². The van der Waals surface area contributed by atoms with Gasteiger partial charge in [-0.05, 0) is 57.8 Å². The lowest BCUT2D eigenvalue weighted by Gasteiger charge is -2.04. The van der Waals surface area contributed by atoms with E-state index in [-0.39, 0.29) is 36.3 Å². The molecule has 3 heterocycles. The Bertz CT molecular complexity index is 1810. The SMILES string of the molecule is Cn1cc(NC(=O)c2ccc(/C=C/c3ccc4nonc4c3)cc2)cc1C(=O)Nc1c[nH]c(C(=O)NCCC(=N)N)c1. The Balaban J connectivity index is 1.16. The minimum Gasteiger partial charge on any atom is -0.388 e. The third kappa shape index (κ3) is 6.59. The fraction of sp³-hybridized carbons (Fsp3) is 0.103. The molecule has 0 spiro atoms. The molecule has 2 aromatic carbocycles. The molecule has 13 heteroatoms. The number of carbonyl (C=O) groups is 3. The van der Waals surface area contributed by atoms with Crippen LogP contribution < -0.4 is 21.7 Å². The Morgan fingerprint density at radius 1 is 0.929 bits per heavy atom. The third-order valence-electron chi connectivity index (χ3n) is 6.28. The number of anilines is 2. The summed E-state index contributed by atoms with van der Waals surface area (Å²) in [5.41, 5.74) is 10.4. The second-order valence-electron chi connectivity index (χ2n) is 9.43. The van der Waals surface area contributed by atoms with Crippen molar-refractivity contribution in [2.45, 2.75) is 6.42 Å². The number of nitrogens with one attached hydrogen (secondary N) is 5. The van der Waals surface area contributed by atoms with E-state index in [9.17, 15) is 14.4 Å². The molecule has 42 heavy (non-hydrogen) atoms. The molecule has 0 radical (unpaired) electrons. The molecular formula is C29H27N9O4. The van der Waals surface area contributed by atoms with Gasteiger partial charge in [0.05, 0.1) is 17.2 Å². The van der Waals surface area contributed by atoms with Gasteiger partial charge < -0.3 is 31.2 Å². The first kappa shape index (κ1) is 27.6. The first-order valence-corrected chi connectivity index (χ1v) is 12.8. The number of H-pyrrole nitrogens is 1. The van der Waals surface area contributed by atoms with Crippen molar-refractivity contribution < 1.29 is 19.0 Å². The summed E-state index contributed by atoms with van der Waals surface area (Å²) < 4.78 is 6.31. The fourth-order valence-electron chi connectivity index (χ4n) is 4.10. The molecule has 5 aromatic rings. The number of nitrogens with two attached hydrogens (primary N) is 1. The van der Waals surface area contributed by atoms with E-state index < -0.39 is 5.91 Å². The third-order valence-corrected chi connectivity index (χ3v) is 6.28. The van der Waals surface area contributed by atoms with Crippen molar-refractivity contribution in [1.82, 2.24) is 25.2 Å². The number of hydrogen-bond acceptors (Lipinski definition) is 7. The van der Waals surface area contributed by atoms with Gasteiger partial charge in [0, 0.05) is 38.0 Å². The maximum absolute atomic E-state index is 12.9. The van der Waals surface area contributed by atoms with Crippen LogP contribution in [0.2, 0.25) is 0 Å². The second kappa shape index (κ2) is 12.0. The van der Waals surface area contributed by atoms with Gasteiger partial charge in [-0.3, -0.25) is 19.8 Å². The number of nitrogens with zero attached hydrogens (tertiary/aromatic N) is 3. The van der Waals surface area contributed by atoms with Gasteiger partial charge in [-0.25, -0.2) is 4.63 Å². The van der Waals surface area contributed by atoms with Gasteiger partial charge in [-0.2, -0.15) is 0 Å². The Labute approximate surface area is 239 Å². The van der Waals surface area contributed by atoms with Gasteiger partial charge >= 0.3 is 0 Å². The van der Waals surface area contributed by atoms with Crippen molar-refractivity contribution in [3.05, 3.63) is 95.1 Å². The fourth-order valence-corrected chi connectivity index (χ4v) is 4.10. The zero-order chi connectivity index (χ0) is 29.6. The number of amidine groups is 1. The summed E-state index contributed by atoms with van der Waals surface area (Å²) in [4.78, 5) is 40.7. The van der Waals surface area contributed by atoms with Gasteiger partial charge in [0.25, 0.3) is 17.7 Å². The van der Waals surface area contributed by atoms with E-state index in [0.29, 0.717) is 33.7 Å². The van der Waals surface area contributed by atoms with E-state index in [1.807, 2.05) is 42.5 Å². The molecule has 0 saturated carbocycles. The van der Waals surface area contributed by atoms with Crippen LogP contribution in [0, 0.1) is 5.41 Å². The van der Waals surface area contributed by atoms with E-state index >= 15 is 0 Å². The Hall–Kier alpha value is -5.98. The van der Waals surface area contributed by atoms with Crippen molar-refractivity contribution in [2.24, 2.45) is 12.8 Å². The highest BCUT2D eigenvalue weighted by atomic mass is 16.6. The standard InChI is InChI=1S/C29H27N9O4/c1-38-16-21(14-25(38)29(41)34-20-13-24(33-15-20)28(40)32-11-10-26(30)31)35-27(39)19-7-4-17(5-8-19)2-3-18-6-9-22-23(12-18)37-42-36-22/h2-9,12-16,33H,10-11H2,1H3,(H3,30,31)(H,32,40)(H,34,41)(H,35,39)/b3-2+. The van der Waals surface area contributed by atoms with Crippen LogP contribution in [0.1, 0.15) is 48.9 Å². The largest absolute Gasteiger partial charge is 0.388 e. The Morgan fingerprint density at radius 2 is 1.64 bits per heavy atom. The van der Waals surface area contributed by atoms with E-state index in [4.69, 9.17) is 15.8 Å². The minimum atomic E-state index is -0.421. The van der Waals surface area contributed by atoms with Crippen molar-refractivity contribution in [3.63, 3.8) is 0 Å².